The lowest BCUT2D eigenvalue weighted by atomic mass is 9.99. The number of piperazine rings is 1. The number of carbonyl (C=O) groups excluding carboxylic acids is 5. The van der Waals surface area contributed by atoms with E-state index < -0.39 is 67.1 Å². The average molecular weight is 902 g/mol. The lowest BCUT2D eigenvalue weighted by molar-refractivity contribution is -0.128. The van der Waals surface area contributed by atoms with Gasteiger partial charge in [-0.2, -0.15) is 0 Å². The Morgan fingerprint density at radius 3 is 2.12 bits per heavy atom. The molecule has 342 valence electrons. The van der Waals surface area contributed by atoms with Crippen molar-refractivity contribution in [1.82, 2.24) is 25.4 Å². The molecule has 1 saturated heterocycles. The summed E-state index contributed by atoms with van der Waals surface area (Å²) in [6.07, 6.45) is 0.426. The van der Waals surface area contributed by atoms with Crippen molar-refractivity contribution in [3.63, 3.8) is 0 Å². The molecule has 5 rings (SSSR count). The van der Waals surface area contributed by atoms with E-state index in [1.54, 1.807) is 40.7 Å². The quantitative estimate of drug-likeness (QED) is 0.0621. The Bertz CT molecular complexity index is 2380. The van der Waals surface area contributed by atoms with Crippen molar-refractivity contribution < 1.29 is 47.7 Å². The van der Waals surface area contributed by atoms with E-state index in [1.807, 2.05) is 30.3 Å². The topological polar surface area (TPSA) is 232 Å². The summed E-state index contributed by atoms with van der Waals surface area (Å²) in [5.74, 6) is -2.88. The molecule has 0 bridgehead atoms. The average Bonchev–Trinajstić information content (AvgIpc) is 3.26. The molecule has 0 spiro atoms. The Kier molecular flexibility index (Phi) is 16.6. The second kappa shape index (κ2) is 22.0. The van der Waals surface area contributed by atoms with Crippen LogP contribution >= 0.6 is 0 Å². The van der Waals surface area contributed by atoms with Crippen LogP contribution in [-0.4, -0.2) is 103 Å². The molecule has 0 unspecified atom stereocenters. The molecule has 2 heterocycles. The van der Waals surface area contributed by atoms with E-state index in [1.165, 1.54) is 17.2 Å². The van der Waals surface area contributed by atoms with E-state index in [4.69, 9.17) is 15.2 Å². The number of halogens is 1. The lowest BCUT2D eigenvalue weighted by Crippen LogP contribution is -2.54. The Morgan fingerprint density at radius 1 is 0.859 bits per heavy atom. The molecule has 0 aliphatic carbocycles. The molecule has 1 aromatic heterocycles. The zero-order valence-corrected chi connectivity index (χ0v) is 37.5. The Morgan fingerprint density at radius 2 is 1.50 bits per heavy atom. The maximum absolute atomic E-state index is 15.4. The lowest BCUT2D eigenvalue weighted by Gasteiger charge is -2.35. The number of aryl methyl sites for hydroxylation is 1. The summed E-state index contributed by atoms with van der Waals surface area (Å²) in [6.45, 7) is 9.51. The van der Waals surface area contributed by atoms with Crippen LogP contribution in [-0.2, 0) is 45.2 Å². The fourth-order valence-electron chi connectivity index (χ4n) is 7.33. The fraction of sp³-hybridized carbons (Fsp3) is 0.400. The number of pyridine rings is 1. The maximum Gasteiger partial charge on any atom is 0.410 e. The minimum atomic E-state index is -1.93. The van der Waals surface area contributed by atoms with Crippen LogP contribution in [0.3, 0.4) is 0 Å². The van der Waals surface area contributed by atoms with Crippen molar-refractivity contribution in [1.29, 1.82) is 0 Å². The van der Waals surface area contributed by atoms with Crippen molar-refractivity contribution in [2.75, 3.05) is 37.6 Å². The minimum Gasteiger partial charge on any atom is -0.477 e. The zero-order chi connectivity index (χ0) is 46.6. The van der Waals surface area contributed by atoms with Crippen molar-refractivity contribution in [2.45, 2.75) is 83.7 Å². The first-order valence-electron chi connectivity index (χ1n) is 21.1. The number of ketones is 1. The maximum atomic E-state index is 15.4. The van der Waals surface area contributed by atoms with Crippen molar-refractivity contribution in [3.8, 4) is 0 Å². The van der Waals surface area contributed by atoms with E-state index in [-0.39, 0.29) is 75.6 Å². The number of primary amides is 1. The second-order valence-electron chi connectivity index (χ2n) is 16.8. The van der Waals surface area contributed by atoms with E-state index in [0.29, 0.717) is 35.7 Å². The van der Waals surface area contributed by atoms with Gasteiger partial charge in [0.15, 0.2) is 5.78 Å². The number of rotatable bonds is 19. The number of hydrogen-bond donors (Lipinski definition) is 5. The van der Waals surface area contributed by atoms with Crippen molar-refractivity contribution in [3.05, 3.63) is 111 Å². The van der Waals surface area contributed by atoms with Gasteiger partial charge in [0.25, 0.3) is 0 Å². The van der Waals surface area contributed by atoms with Gasteiger partial charge in [0.1, 0.15) is 30.6 Å². The fourth-order valence-corrected chi connectivity index (χ4v) is 8.84. The summed E-state index contributed by atoms with van der Waals surface area (Å²) in [7, 11) is -1.93. The number of carboxylic acid groups (broad SMARTS) is 1. The number of benzene rings is 3. The number of ether oxygens (including phenoxy) is 2. The predicted octanol–water partition coefficient (Wildman–Crippen LogP) is 5.00. The molecule has 6 N–H and O–H groups in total. The van der Waals surface area contributed by atoms with E-state index >= 15 is 4.39 Å². The summed E-state index contributed by atoms with van der Waals surface area (Å²) in [5.41, 5.74) is 6.75. The number of nitrogens with two attached hydrogens (primary N) is 1. The molecule has 4 aromatic rings. The number of nitrogens with zero attached hydrogens (tertiary/aromatic N) is 3. The number of carboxylic acids is 1. The van der Waals surface area contributed by atoms with Gasteiger partial charge in [0.05, 0.1) is 17.2 Å². The SMILES string of the molecule is CCn1cc(C(=O)O)c(=O)c2cc(F)c(N3CCN(C(=O)OCc4ccc(CC(=O)[C@H](CCCNC(N)=O)NC(=O)[C@H](C[Si](C)(C)C)NC(=O)OCc5ccccc5)cc4)CC3)cc21. The summed E-state index contributed by atoms with van der Waals surface area (Å²) in [6, 6.07) is 16.4. The second-order valence-corrected chi connectivity index (χ2v) is 22.3. The molecular weight excluding hydrogens is 846 g/mol. The highest BCUT2D eigenvalue weighted by molar-refractivity contribution is 6.76. The molecule has 1 fully saturated rings. The number of urea groups is 1. The molecule has 0 radical (unpaired) electrons. The molecule has 0 saturated carbocycles. The normalized spacial score (nSPS) is 13.7. The third-order valence-corrected chi connectivity index (χ3v) is 12.3. The molecule has 3 aromatic carbocycles. The summed E-state index contributed by atoms with van der Waals surface area (Å²) < 4.78 is 27.9. The number of carbonyl (C=O) groups is 6. The summed E-state index contributed by atoms with van der Waals surface area (Å²) in [4.78, 5) is 92.2. The first-order valence-corrected chi connectivity index (χ1v) is 24.8. The number of anilines is 1. The Hall–Kier alpha value is -6.76. The van der Waals surface area contributed by atoms with Gasteiger partial charge < -0.3 is 50.6 Å². The highest BCUT2D eigenvalue weighted by Gasteiger charge is 2.31. The number of fused-ring (bicyclic) bond motifs is 1. The summed E-state index contributed by atoms with van der Waals surface area (Å²) >= 11 is 0. The predicted molar refractivity (Wildman–Crippen MR) is 240 cm³/mol. The van der Waals surface area contributed by atoms with Crippen LogP contribution in [0.15, 0.2) is 77.7 Å². The zero-order valence-electron chi connectivity index (χ0n) is 36.5. The Balaban J connectivity index is 1.16. The number of hydrogen-bond acceptors (Lipinski definition) is 10. The largest absolute Gasteiger partial charge is 0.477 e. The molecule has 1 aliphatic heterocycles. The van der Waals surface area contributed by atoms with Gasteiger partial charge in [-0.25, -0.2) is 23.6 Å². The van der Waals surface area contributed by atoms with Crippen LogP contribution in [0.1, 0.15) is 46.8 Å². The van der Waals surface area contributed by atoms with E-state index in [2.05, 4.69) is 35.6 Å². The van der Waals surface area contributed by atoms with Gasteiger partial charge in [-0.3, -0.25) is 14.4 Å². The van der Waals surface area contributed by atoms with Crippen LogP contribution in [0.5, 0.6) is 0 Å². The minimum absolute atomic E-state index is 0.0193. The number of aromatic nitrogens is 1. The highest BCUT2D eigenvalue weighted by atomic mass is 28.3. The van der Waals surface area contributed by atoms with Gasteiger partial charge in [-0.15, -0.1) is 0 Å². The monoisotopic (exact) mass is 901 g/mol. The number of nitrogens with one attached hydrogen (secondary N) is 3. The van der Waals surface area contributed by atoms with Gasteiger partial charge >= 0.3 is 24.2 Å². The van der Waals surface area contributed by atoms with Gasteiger partial charge in [-0.05, 0) is 54.6 Å². The van der Waals surface area contributed by atoms with Crippen LogP contribution in [0.2, 0.25) is 25.7 Å². The molecule has 17 nitrogen and oxygen atoms in total. The third kappa shape index (κ3) is 13.6. The van der Waals surface area contributed by atoms with Crippen LogP contribution in [0.25, 0.3) is 10.9 Å². The number of alkyl carbamates (subject to hydrolysis) is 1. The van der Waals surface area contributed by atoms with Gasteiger partial charge in [-0.1, -0.05) is 74.2 Å². The van der Waals surface area contributed by atoms with E-state index in [9.17, 15) is 38.7 Å². The van der Waals surface area contributed by atoms with Crippen LogP contribution in [0, 0.1) is 5.82 Å². The molecule has 64 heavy (non-hydrogen) atoms. The molecule has 5 amide bonds. The Labute approximate surface area is 371 Å². The van der Waals surface area contributed by atoms with Gasteiger partial charge in [0, 0.05) is 65.3 Å². The highest BCUT2D eigenvalue weighted by Crippen LogP contribution is 2.27. The van der Waals surface area contributed by atoms with Crippen LogP contribution in [0.4, 0.5) is 24.5 Å². The third-order valence-electron chi connectivity index (χ3n) is 10.7. The smallest absolute Gasteiger partial charge is 0.410 e. The number of amides is 5. The number of Topliss-reactive ketones (excluding diaryl/α,β-unsaturated/α-hetero) is 1. The molecule has 2 atom stereocenters. The molecular formula is C45H56FN7O10Si. The molecule has 19 heteroatoms. The van der Waals surface area contributed by atoms with Crippen molar-refractivity contribution in [2.24, 2.45) is 5.73 Å². The van der Waals surface area contributed by atoms with Crippen molar-refractivity contribution >= 4 is 60.5 Å². The first-order chi connectivity index (χ1) is 30.4. The first kappa shape index (κ1) is 48.3. The van der Waals surface area contributed by atoms with Crippen LogP contribution < -0.4 is 32.0 Å². The summed E-state index contributed by atoms with van der Waals surface area (Å²) in [5, 5.41) is 17.4. The number of aromatic carboxylic acids is 1. The molecule has 1 aliphatic rings. The standard InChI is InChI=1S/C45H56FN7O10Si/c1-5-51-25-33(42(57)58)40(55)32-23-34(46)38(24-37(32)51)52-18-20-53(21-19-52)45(61)63-27-31-15-13-29(14-16-31)22-39(54)35(12-9-17-48-43(47)59)49-41(56)36(28-64(2,3)4)50-44(60)62-26-30-10-7-6-8-11-30/h6-8,10-11,13-16,23-25,35-36H,5,9,12,17-22,26-28H2,1-4H3,(H,49,56)(H,50,60)(H,57,58)(H3,47,48,59)/t35-,36-/m0/s1. The van der Waals surface area contributed by atoms with Gasteiger partial charge in [0.2, 0.25) is 11.3 Å². The van der Waals surface area contributed by atoms with E-state index in [0.717, 1.165) is 11.6 Å².